The van der Waals surface area contributed by atoms with Gasteiger partial charge in [0.15, 0.2) is 9.84 Å². The van der Waals surface area contributed by atoms with Gasteiger partial charge in [-0.2, -0.15) is 5.10 Å². The van der Waals surface area contributed by atoms with Gasteiger partial charge in [0.2, 0.25) is 5.91 Å². The topological polar surface area (TPSA) is 75.5 Å². The summed E-state index contributed by atoms with van der Waals surface area (Å²) in [6, 6.07) is 8.33. The first-order valence-corrected chi connectivity index (χ1v) is 13.1. The number of halogens is 1. The predicted octanol–water partition coefficient (Wildman–Crippen LogP) is 2.55. The van der Waals surface area contributed by atoms with E-state index in [1.165, 1.54) is 5.56 Å². The van der Waals surface area contributed by atoms with E-state index < -0.39 is 9.84 Å². The van der Waals surface area contributed by atoms with E-state index >= 15 is 0 Å². The maximum absolute atomic E-state index is 12.7. The van der Waals surface area contributed by atoms with Crippen LogP contribution in [0.4, 0.5) is 0 Å². The number of sulfone groups is 1. The van der Waals surface area contributed by atoms with Crippen LogP contribution in [0, 0.1) is 13.8 Å². The molecule has 2 aromatic rings. The molecule has 32 heavy (non-hydrogen) atoms. The zero-order valence-corrected chi connectivity index (χ0v) is 20.1. The molecule has 1 atom stereocenters. The third-order valence-corrected chi connectivity index (χ3v) is 8.45. The van der Waals surface area contributed by atoms with Gasteiger partial charge in [0.25, 0.3) is 0 Å². The minimum Gasteiger partial charge on any atom is -0.337 e. The maximum atomic E-state index is 12.7. The highest BCUT2D eigenvalue weighted by Gasteiger charge is 2.34. The molecule has 0 spiro atoms. The number of nitrogens with zero attached hydrogens (tertiary/aromatic N) is 4. The van der Waals surface area contributed by atoms with Crippen LogP contribution in [0.25, 0.3) is 6.08 Å². The zero-order chi connectivity index (χ0) is 22.9. The van der Waals surface area contributed by atoms with Crippen LogP contribution in [0.5, 0.6) is 0 Å². The van der Waals surface area contributed by atoms with Crippen LogP contribution < -0.4 is 0 Å². The highest BCUT2D eigenvalue weighted by molar-refractivity contribution is 7.91. The molecule has 172 valence electrons. The van der Waals surface area contributed by atoms with Gasteiger partial charge in [-0.05, 0) is 31.9 Å². The lowest BCUT2D eigenvalue weighted by Gasteiger charge is -2.37. The molecule has 2 fully saturated rings. The quantitative estimate of drug-likeness (QED) is 0.620. The van der Waals surface area contributed by atoms with E-state index in [1.54, 1.807) is 21.7 Å². The van der Waals surface area contributed by atoms with Crippen molar-refractivity contribution in [2.75, 3.05) is 37.7 Å². The van der Waals surface area contributed by atoms with Crippen LogP contribution in [0.15, 0.2) is 30.3 Å². The SMILES string of the molecule is Cc1ccc(Cn2nc(C)c(/C=C/C(=O)N3CCN([C@@H]4CCS(=O)(=O)C4)CC3)c2Cl)cc1. The van der Waals surface area contributed by atoms with Crippen molar-refractivity contribution < 1.29 is 13.2 Å². The molecule has 7 nitrogen and oxygen atoms in total. The number of hydrogen-bond acceptors (Lipinski definition) is 5. The third kappa shape index (κ3) is 5.24. The second kappa shape index (κ2) is 9.37. The Kier molecular flexibility index (Phi) is 6.74. The minimum absolute atomic E-state index is 0.0644. The molecule has 0 unspecified atom stereocenters. The van der Waals surface area contributed by atoms with E-state index in [0.717, 1.165) is 16.8 Å². The van der Waals surface area contributed by atoms with Gasteiger partial charge in [-0.3, -0.25) is 9.69 Å². The number of piperazine rings is 1. The van der Waals surface area contributed by atoms with Gasteiger partial charge < -0.3 is 4.90 Å². The van der Waals surface area contributed by atoms with Crippen molar-refractivity contribution in [3.05, 3.63) is 57.9 Å². The van der Waals surface area contributed by atoms with Crippen LogP contribution in [-0.4, -0.2) is 77.6 Å². The van der Waals surface area contributed by atoms with E-state index in [2.05, 4.69) is 34.3 Å². The summed E-state index contributed by atoms with van der Waals surface area (Å²) in [6.45, 7) is 7.10. The number of aromatic nitrogens is 2. The fourth-order valence-corrected chi connectivity index (χ4v) is 6.42. The Balaban J connectivity index is 1.35. The molecule has 2 aliphatic rings. The molecule has 0 radical (unpaired) electrons. The van der Waals surface area contributed by atoms with E-state index in [0.29, 0.717) is 44.3 Å². The number of aryl methyl sites for hydroxylation is 2. The van der Waals surface area contributed by atoms with Crippen LogP contribution in [0.1, 0.15) is 28.8 Å². The van der Waals surface area contributed by atoms with Crippen LogP contribution in [-0.2, 0) is 21.2 Å². The van der Waals surface area contributed by atoms with Gasteiger partial charge in [-0.15, -0.1) is 0 Å². The largest absolute Gasteiger partial charge is 0.337 e. The normalized spacial score (nSPS) is 21.5. The van der Waals surface area contributed by atoms with Crippen LogP contribution in [0.2, 0.25) is 5.15 Å². The van der Waals surface area contributed by atoms with Gasteiger partial charge in [0.1, 0.15) is 5.15 Å². The van der Waals surface area contributed by atoms with Gasteiger partial charge >= 0.3 is 0 Å². The average Bonchev–Trinajstić information content (AvgIpc) is 3.26. The zero-order valence-electron chi connectivity index (χ0n) is 18.5. The first-order valence-electron chi connectivity index (χ1n) is 10.9. The molecule has 4 rings (SSSR count). The van der Waals surface area contributed by atoms with E-state index in [1.807, 2.05) is 13.8 Å². The van der Waals surface area contributed by atoms with Gasteiger partial charge in [-0.25, -0.2) is 13.1 Å². The standard InChI is InChI=1S/C23H29ClN4O3S/c1-17-3-5-19(6-4-17)15-28-23(24)21(18(2)25-28)7-8-22(29)27-12-10-26(11-13-27)20-9-14-32(30,31)16-20/h3-8,20H,9-16H2,1-2H3/b8-7+/t20-/m1/s1. The Bertz CT molecular complexity index is 1120. The molecule has 0 N–H and O–H groups in total. The molecule has 0 aliphatic carbocycles. The molecular weight excluding hydrogens is 448 g/mol. The fourth-order valence-electron chi connectivity index (χ4n) is 4.36. The summed E-state index contributed by atoms with van der Waals surface area (Å²) in [4.78, 5) is 16.7. The second-order valence-electron chi connectivity index (χ2n) is 8.68. The first kappa shape index (κ1) is 23.0. The lowest BCUT2D eigenvalue weighted by Crippen LogP contribution is -2.52. The van der Waals surface area contributed by atoms with Crippen molar-refractivity contribution in [3.63, 3.8) is 0 Å². The fraction of sp³-hybridized carbons (Fsp3) is 0.478. The Labute approximate surface area is 194 Å². The van der Waals surface area contributed by atoms with Crippen molar-refractivity contribution >= 4 is 33.4 Å². The molecule has 3 heterocycles. The van der Waals surface area contributed by atoms with E-state index in [9.17, 15) is 13.2 Å². The summed E-state index contributed by atoms with van der Waals surface area (Å²) in [7, 11) is -2.90. The Hall–Kier alpha value is -2.16. The lowest BCUT2D eigenvalue weighted by atomic mass is 10.1. The molecule has 0 saturated carbocycles. The Morgan fingerprint density at radius 2 is 1.84 bits per heavy atom. The Morgan fingerprint density at radius 3 is 2.47 bits per heavy atom. The summed E-state index contributed by atoms with van der Waals surface area (Å²) in [5.74, 6) is 0.452. The number of benzene rings is 1. The number of carbonyl (C=O) groups is 1. The monoisotopic (exact) mass is 476 g/mol. The number of amides is 1. The number of rotatable bonds is 5. The van der Waals surface area contributed by atoms with Gasteiger partial charge in [0, 0.05) is 43.9 Å². The van der Waals surface area contributed by atoms with Gasteiger partial charge in [-0.1, -0.05) is 41.4 Å². The molecule has 1 aromatic heterocycles. The summed E-state index contributed by atoms with van der Waals surface area (Å²) >= 11 is 6.56. The highest BCUT2D eigenvalue weighted by Crippen LogP contribution is 2.23. The van der Waals surface area contributed by atoms with Crippen molar-refractivity contribution in [2.24, 2.45) is 0 Å². The smallest absolute Gasteiger partial charge is 0.246 e. The van der Waals surface area contributed by atoms with E-state index in [-0.39, 0.29) is 23.5 Å². The second-order valence-corrected chi connectivity index (χ2v) is 11.3. The third-order valence-electron chi connectivity index (χ3n) is 6.31. The molecule has 2 saturated heterocycles. The molecule has 1 aromatic carbocycles. The van der Waals surface area contributed by atoms with Crippen LogP contribution in [0.3, 0.4) is 0 Å². The number of carbonyl (C=O) groups excluding carboxylic acids is 1. The summed E-state index contributed by atoms with van der Waals surface area (Å²) in [5.41, 5.74) is 3.84. The molecular formula is C23H29ClN4O3S. The molecule has 0 bridgehead atoms. The predicted molar refractivity (Wildman–Crippen MR) is 127 cm³/mol. The molecule has 2 aliphatic heterocycles. The van der Waals surface area contributed by atoms with Crippen molar-refractivity contribution in [1.82, 2.24) is 19.6 Å². The summed E-state index contributed by atoms with van der Waals surface area (Å²) < 4.78 is 25.2. The van der Waals surface area contributed by atoms with Crippen molar-refractivity contribution in [3.8, 4) is 0 Å². The van der Waals surface area contributed by atoms with Gasteiger partial charge in [0.05, 0.1) is 23.7 Å². The number of hydrogen-bond donors (Lipinski definition) is 0. The molecule has 9 heteroatoms. The molecule has 1 amide bonds. The Morgan fingerprint density at radius 1 is 1.16 bits per heavy atom. The maximum Gasteiger partial charge on any atom is 0.246 e. The van der Waals surface area contributed by atoms with Crippen LogP contribution >= 0.6 is 11.6 Å². The summed E-state index contributed by atoms with van der Waals surface area (Å²) in [5, 5.41) is 5.05. The average molecular weight is 477 g/mol. The van der Waals surface area contributed by atoms with E-state index in [4.69, 9.17) is 11.6 Å². The highest BCUT2D eigenvalue weighted by atomic mass is 35.5. The first-order chi connectivity index (χ1) is 15.2. The summed E-state index contributed by atoms with van der Waals surface area (Å²) in [6.07, 6.45) is 4.00. The minimum atomic E-state index is -2.90. The lowest BCUT2D eigenvalue weighted by molar-refractivity contribution is -0.127. The van der Waals surface area contributed by atoms with Crippen molar-refractivity contribution in [1.29, 1.82) is 0 Å². The van der Waals surface area contributed by atoms with Crippen molar-refractivity contribution in [2.45, 2.75) is 32.9 Å².